The Morgan fingerprint density at radius 3 is 2.57 bits per heavy atom. The summed E-state index contributed by atoms with van der Waals surface area (Å²) in [6, 6.07) is 2.44. The Morgan fingerprint density at radius 1 is 1.26 bits per heavy atom. The fourth-order valence-electron chi connectivity index (χ4n) is 4.32. The Morgan fingerprint density at radius 2 is 1.97 bits per heavy atom. The van der Waals surface area contributed by atoms with Gasteiger partial charge in [-0.15, -0.1) is 0 Å². The van der Waals surface area contributed by atoms with Crippen LogP contribution in [0.5, 0.6) is 0 Å². The number of hydrogen-bond donors (Lipinski definition) is 3. The first-order chi connectivity index (χ1) is 16.4. The summed E-state index contributed by atoms with van der Waals surface area (Å²) in [5.74, 6) is -0.0491. The molecule has 1 fully saturated rings. The van der Waals surface area contributed by atoms with Crippen LogP contribution in [-0.2, 0) is 10.0 Å². The summed E-state index contributed by atoms with van der Waals surface area (Å²) >= 11 is 6.37. The second kappa shape index (κ2) is 9.58. The molecule has 3 N–H and O–H groups in total. The van der Waals surface area contributed by atoms with Crippen LogP contribution in [0.2, 0.25) is 5.02 Å². The third kappa shape index (κ3) is 5.12. The fourth-order valence-corrected chi connectivity index (χ4v) is 5.38. The summed E-state index contributed by atoms with van der Waals surface area (Å²) in [7, 11) is -3.40. The first kappa shape index (κ1) is 25.7. The molecule has 0 amide bonds. The number of fused-ring (bicyclic) bond motifs is 1. The van der Waals surface area contributed by atoms with Gasteiger partial charge in [0.2, 0.25) is 16.0 Å². The van der Waals surface area contributed by atoms with Gasteiger partial charge in [0.15, 0.2) is 5.82 Å². The lowest BCUT2D eigenvalue weighted by Crippen LogP contribution is -2.51. The van der Waals surface area contributed by atoms with Crippen LogP contribution in [0, 0.1) is 5.82 Å². The van der Waals surface area contributed by atoms with Crippen LogP contribution >= 0.6 is 11.6 Å². The molecular formula is C22H28ClFN6O4S. The summed E-state index contributed by atoms with van der Waals surface area (Å²) in [6.45, 7) is 5.62. The number of benzene rings is 1. The second-order valence-corrected chi connectivity index (χ2v) is 11.4. The van der Waals surface area contributed by atoms with Crippen LogP contribution in [0.1, 0.15) is 45.2 Å². The first-order valence-electron chi connectivity index (χ1n) is 11.2. The number of piperidine rings is 1. The van der Waals surface area contributed by atoms with E-state index in [1.54, 1.807) is 17.6 Å². The second-order valence-electron chi connectivity index (χ2n) is 9.05. The van der Waals surface area contributed by atoms with Crippen molar-refractivity contribution >= 4 is 38.6 Å². The van der Waals surface area contributed by atoms with E-state index in [4.69, 9.17) is 11.6 Å². The van der Waals surface area contributed by atoms with Crippen LogP contribution in [0.25, 0.3) is 22.3 Å². The van der Waals surface area contributed by atoms with Gasteiger partial charge >= 0.3 is 0 Å². The topological polar surface area (TPSA) is 133 Å². The number of nitrogens with zero attached hydrogens (tertiary/aromatic N) is 5. The highest BCUT2D eigenvalue weighted by Crippen LogP contribution is 2.33. The number of rotatable bonds is 6. The quantitative estimate of drug-likeness (QED) is 0.446. The predicted molar refractivity (Wildman–Crippen MR) is 131 cm³/mol. The van der Waals surface area contributed by atoms with Crippen LogP contribution in [0.15, 0.2) is 18.3 Å². The van der Waals surface area contributed by atoms with E-state index >= 15 is 4.39 Å². The molecule has 0 aliphatic carbocycles. The third-order valence-electron chi connectivity index (χ3n) is 6.01. The van der Waals surface area contributed by atoms with Crippen molar-refractivity contribution in [2.45, 2.75) is 51.5 Å². The number of hydrogen-bond acceptors (Lipinski definition) is 8. The number of aliphatic hydroxyl groups excluding tert-OH is 2. The SMILES string of the molecule is CC(C)n1c([C@@H](C)O)nc2c(F)cc(-c3nc(N[C@H]4CCN(S(C)(=O)=O)C[C@@H]4O)ncc3Cl)cc21. The number of anilines is 1. The number of nitrogens with one attached hydrogen (secondary N) is 1. The number of β-amino-alcohol motifs (C(OH)–C–C–N with tert-alkyl or cyclic N) is 1. The van der Waals surface area contributed by atoms with Crippen molar-refractivity contribution in [2.75, 3.05) is 24.7 Å². The Balaban J connectivity index is 1.69. The number of aromatic nitrogens is 4. The van der Waals surface area contributed by atoms with Crippen molar-refractivity contribution in [2.24, 2.45) is 0 Å². The normalized spacial score (nSPS) is 20.5. The van der Waals surface area contributed by atoms with Crippen molar-refractivity contribution in [3.8, 4) is 11.3 Å². The average Bonchev–Trinajstić information content (AvgIpc) is 3.16. The summed E-state index contributed by atoms with van der Waals surface area (Å²) < 4.78 is 41.6. The molecule has 3 atom stereocenters. The van der Waals surface area contributed by atoms with Gasteiger partial charge in [-0.3, -0.25) is 0 Å². The molecule has 4 rings (SSSR count). The zero-order valence-electron chi connectivity index (χ0n) is 19.8. The van der Waals surface area contributed by atoms with E-state index in [-0.39, 0.29) is 41.3 Å². The molecule has 190 valence electrons. The van der Waals surface area contributed by atoms with Crippen molar-refractivity contribution in [1.29, 1.82) is 0 Å². The van der Waals surface area contributed by atoms with Gasteiger partial charge < -0.3 is 20.1 Å². The van der Waals surface area contributed by atoms with Gasteiger partial charge in [0.1, 0.15) is 17.4 Å². The molecule has 3 heterocycles. The maximum Gasteiger partial charge on any atom is 0.223 e. The van der Waals surface area contributed by atoms with Gasteiger partial charge in [-0.2, -0.15) is 4.31 Å². The zero-order chi connectivity index (χ0) is 25.7. The monoisotopic (exact) mass is 526 g/mol. The molecule has 1 aliphatic heterocycles. The minimum Gasteiger partial charge on any atom is -0.390 e. The van der Waals surface area contributed by atoms with E-state index in [1.165, 1.54) is 16.6 Å². The van der Waals surface area contributed by atoms with E-state index in [0.717, 1.165) is 6.26 Å². The molecule has 1 saturated heterocycles. The van der Waals surface area contributed by atoms with Crippen LogP contribution in [0.4, 0.5) is 10.3 Å². The van der Waals surface area contributed by atoms with Gasteiger partial charge in [-0.05, 0) is 39.3 Å². The summed E-state index contributed by atoms with van der Waals surface area (Å²) in [5.41, 5.74) is 1.32. The van der Waals surface area contributed by atoms with Gasteiger partial charge in [0, 0.05) is 24.7 Å². The van der Waals surface area contributed by atoms with Crippen LogP contribution < -0.4 is 5.32 Å². The molecule has 13 heteroatoms. The highest BCUT2D eigenvalue weighted by atomic mass is 35.5. The fraction of sp³-hybridized carbons (Fsp3) is 0.500. The zero-order valence-corrected chi connectivity index (χ0v) is 21.3. The van der Waals surface area contributed by atoms with E-state index in [0.29, 0.717) is 23.3 Å². The van der Waals surface area contributed by atoms with Crippen molar-refractivity contribution in [1.82, 2.24) is 23.8 Å². The number of aliphatic hydroxyl groups is 2. The Hall–Kier alpha value is -2.38. The highest BCUT2D eigenvalue weighted by molar-refractivity contribution is 7.88. The van der Waals surface area contributed by atoms with Crippen LogP contribution in [-0.4, -0.2) is 73.9 Å². The van der Waals surface area contributed by atoms with Crippen LogP contribution in [0.3, 0.4) is 0 Å². The molecule has 2 aromatic heterocycles. The molecular weight excluding hydrogens is 499 g/mol. The predicted octanol–water partition coefficient (Wildman–Crippen LogP) is 2.73. The molecule has 0 spiro atoms. The minimum absolute atomic E-state index is 0.0381. The maximum absolute atomic E-state index is 15.1. The maximum atomic E-state index is 15.1. The van der Waals surface area contributed by atoms with E-state index in [9.17, 15) is 18.6 Å². The van der Waals surface area contributed by atoms with E-state index < -0.39 is 34.1 Å². The molecule has 35 heavy (non-hydrogen) atoms. The molecule has 0 saturated carbocycles. The molecule has 1 aliphatic rings. The van der Waals surface area contributed by atoms with Crippen molar-refractivity contribution in [3.05, 3.63) is 35.0 Å². The Labute approximate surface area is 207 Å². The molecule has 1 aromatic carbocycles. The first-order valence-corrected chi connectivity index (χ1v) is 13.4. The lowest BCUT2D eigenvalue weighted by atomic mass is 10.0. The van der Waals surface area contributed by atoms with Gasteiger partial charge in [0.05, 0.1) is 40.8 Å². The Kier molecular flexibility index (Phi) is 7.04. The lowest BCUT2D eigenvalue weighted by Gasteiger charge is -2.34. The van der Waals surface area contributed by atoms with Crippen molar-refractivity contribution in [3.63, 3.8) is 0 Å². The number of halogens is 2. The molecule has 0 radical (unpaired) electrons. The lowest BCUT2D eigenvalue weighted by molar-refractivity contribution is 0.0950. The smallest absolute Gasteiger partial charge is 0.223 e. The summed E-state index contributed by atoms with van der Waals surface area (Å²) in [5, 5.41) is 23.8. The summed E-state index contributed by atoms with van der Waals surface area (Å²) in [4.78, 5) is 12.9. The van der Waals surface area contributed by atoms with Gasteiger partial charge in [0.25, 0.3) is 0 Å². The molecule has 10 nitrogen and oxygen atoms in total. The van der Waals surface area contributed by atoms with Crippen molar-refractivity contribution < 1.29 is 23.0 Å². The largest absolute Gasteiger partial charge is 0.390 e. The number of imidazole rings is 1. The minimum atomic E-state index is -3.40. The standard InChI is InChI=1S/C22H28ClFN6O4S/c1-11(2)30-17-8-13(7-15(24)20(17)27-21(30)12(3)31)19-14(23)9-25-22(28-19)26-16-5-6-29(10-18(16)32)35(4,33)34/h7-9,11-12,16,18,31-32H,5-6,10H2,1-4H3,(H,25,26,28)/t12-,16+,18+/m1/s1. The molecule has 0 bridgehead atoms. The molecule has 0 unspecified atom stereocenters. The molecule has 3 aromatic rings. The Bertz CT molecular complexity index is 1360. The van der Waals surface area contributed by atoms with E-state index in [2.05, 4.69) is 20.3 Å². The highest BCUT2D eigenvalue weighted by Gasteiger charge is 2.32. The van der Waals surface area contributed by atoms with Gasteiger partial charge in [-0.25, -0.2) is 27.8 Å². The third-order valence-corrected chi connectivity index (χ3v) is 7.56. The van der Waals surface area contributed by atoms with E-state index in [1.807, 2.05) is 13.8 Å². The van der Waals surface area contributed by atoms with Gasteiger partial charge in [-0.1, -0.05) is 11.6 Å². The summed E-state index contributed by atoms with van der Waals surface area (Å²) in [6.07, 6.45) is 0.993. The number of sulfonamides is 1. The average molecular weight is 527 g/mol.